The Bertz CT molecular complexity index is 723. The molecule has 0 saturated carbocycles. The van der Waals surface area contributed by atoms with Crippen molar-refractivity contribution in [1.82, 2.24) is 14.8 Å². The second kappa shape index (κ2) is 6.10. The van der Waals surface area contributed by atoms with Gasteiger partial charge in [-0.3, -0.25) is 9.69 Å². The van der Waals surface area contributed by atoms with E-state index in [1.165, 1.54) is 0 Å². The molecular weight excluding hydrogens is 278 g/mol. The number of ether oxygens (including phenoxy) is 1. The highest BCUT2D eigenvalue weighted by molar-refractivity contribution is 5.80. The van der Waals surface area contributed by atoms with Crippen LogP contribution in [-0.2, 0) is 6.54 Å². The molecule has 1 aromatic carbocycles. The average Bonchev–Trinajstić information content (AvgIpc) is 2.96. The van der Waals surface area contributed by atoms with Crippen LogP contribution in [0.3, 0.4) is 0 Å². The first-order chi connectivity index (χ1) is 10.6. The zero-order valence-corrected chi connectivity index (χ0v) is 13.4. The Balaban J connectivity index is 1.82. The molecule has 2 heterocycles. The zero-order valence-electron chi connectivity index (χ0n) is 13.4. The third-order valence-corrected chi connectivity index (χ3v) is 4.50. The van der Waals surface area contributed by atoms with Crippen molar-refractivity contribution in [3.05, 3.63) is 40.2 Å². The van der Waals surface area contributed by atoms with E-state index in [0.29, 0.717) is 12.6 Å². The van der Waals surface area contributed by atoms with Crippen LogP contribution in [0, 0.1) is 0 Å². The Morgan fingerprint density at radius 1 is 1.36 bits per heavy atom. The summed E-state index contributed by atoms with van der Waals surface area (Å²) in [7, 11) is 5.86. The van der Waals surface area contributed by atoms with Crippen molar-refractivity contribution in [2.45, 2.75) is 19.0 Å². The van der Waals surface area contributed by atoms with Crippen molar-refractivity contribution >= 4 is 10.9 Å². The summed E-state index contributed by atoms with van der Waals surface area (Å²) < 4.78 is 5.20. The maximum absolute atomic E-state index is 12.3. The minimum atomic E-state index is -0.00550. The summed E-state index contributed by atoms with van der Waals surface area (Å²) in [5, 5.41) is 1.04. The fraction of sp³-hybridized carbons (Fsp3) is 0.471. The quantitative estimate of drug-likeness (QED) is 0.933. The fourth-order valence-corrected chi connectivity index (χ4v) is 3.09. The first-order valence-electron chi connectivity index (χ1n) is 7.65. The molecule has 5 nitrogen and oxygen atoms in total. The predicted octanol–water partition coefficient (Wildman–Crippen LogP) is 1.67. The molecular formula is C17H23N3O2. The number of H-pyrrole nitrogens is 1. The topological polar surface area (TPSA) is 48.6 Å². The van der Waals surface area contributed by atoms with Gasteiger partial charge >= 0.3 is 0 Å². The van der Waals surface area contributed by atoms with E-state index in [1.54, 1.807) is 7.11 Å². The molecule has 0 aliphatic carbocycles. The van der Waals surface area contributed by atoms with E-state index >= 15 is 0 Å². The number of pyridine rings is 1. The van der Waals surface area contributed by atoms with Crippen LogP contribution in [0.1, 0.15) is 12.0 Å². The third kappa shape index (κ3) is 3.00. The van der Waals surface area contributed by atoms with E-state index in [-0.39, 0.29) is 5.56 Å². The smallest absolute Gasteiger partial charge is 0.252 e. The molecule has 1 aliphatic heterocycles. The van der Waals surface area contributed by atoms with Crippen LogP contribution in [0.2, 0.25) is 0 Å². The molecule has 1 fully saturated rings. The number of likely N-dealkylation sites (N-methyl/N-ethyl adjacent to an activating group) is 1. The van der Waals surface area contributed by atoms with Gasteiger partial charge in [-0.1, -0.05) is 0 Å². The SMILES string of the molecule is COc1ccc2cc(CN3CC[C@H](N(C)C)C3)c(=O)[nH]c2c1. The van der Waals surface area contributed by atoms with Crippen LogP contribution in [-0.4, -0.2) is 55.1 Å². The van der Waals surface area contributed by atoms with Gasteiger partial charge in [0.1, 0.15) is 5.75 Å². The molecule has 0 spiro atoms. The summed E-state index contributed by atoms with van der Waals surface area (Å²) in [5.74, 6) is 0.754. The number of aromatic amines is 1. The summed E-state index contributed by atoms with van der Waals surface area (Å²) in [6, 6.07) is 8.35. The number of methoxy groups -OCH3 is 1. The van der Waals surface area contributed by atoms with E-state index < -0.39 is 0 Å². The molecule has 1 aliphatic rings. The standard InChI is InChI=1S/C17H23N3O2/c1-19(2)14-6-7-20(11-14)10-13-8-12-4-5-15(22-3)9-16(12)18-17(13)21/h4-5,8-9,14H,6-7,10-11H2,1-3H3,(H,18,21)/t14-/m0/s1. The summed E-state index contributed by atoms with van der Waals surface area (Å²) in [6.07, 6.45) is 1.16. The summed E-state index contributed by atoms with van der Waals surface area (Å²) in [5.41, 5.74) is 1.65. The van der Waals surface area contributed by atoms with E-state index in [1.807, 2.05) is 24.3 Å². The highest BCUT2D eigenvalue weighted by Gasteiger charge is 2.24. The van der Waals surface area contributed by atoms with Crippen molar-refractivity contribution in [2.75, 3.05) is 34.3 Å². The van der Waals surface area contributed by atoms with E-state index in [4.69, 9.17) is 4.74 Å². The number of fused-ring (bicyclic) bond motifs is 1. The molecule has 1 atom stereocenters. The van der Waals surface area contributed by atoms with Gasteiger partial charge in [0, 0.05) is 37.3 Å². The van der Waals surface area contributed by atoms with Crippen LogP contribution >= 0.6 is 0 Å². The molecule has 0 bridgehead atoms. The van der Waals surface area contributed by atoms with Gasteiger partial charge in [0.05, 0.1) is 12.6 Å². The number of nitrogens with one attached hydrogen (secondary N) is 1. The highest BCUT2D eigenvalue weighted by Crippen LogP contribution is 2.20. The number of rotatable bonds is 4. The molecule has 1 N–H and O–H groups in total. The number of hydrogen-bond donors (Lipinski definition) is 1. The molecule has 0 unspecified atom stereocenters. The van der Waals surface area contributed by atoms with Gasteiger partial charge in [0.2, 0.25) is 0 Å². The zero-order chi connectivity index (χ0) is 15.7. The monoisotopic (exact) mass is 301 g/mol. The molecule has 118 valence electrons. The maximum Gasteiger partial charge on any atom is 0.252 e. The molecule has 3 rings (SSSR count). The van der Waals surface area contributed by atoms with Gasteiger partial charge < -0.3 is 14.6 Å². The lowest BCUT2D eigenvalue weighted by atomic mass is 10.1. The Labute approximate surface area is 130 Å². The van der Waals surface area contributed by atoms with Gasteiger partial charge in [-0.05, 0) is 44.1 Å². The van der Waals surface area contributed by atoms with Gasteiger partial charge in [-0.2, -0.15) is 0 Å². The minimum absolute atomic E-state index is 0.00550. The first-order valence-corrected chi connectivity index (χ1v) is 7.65. The van der Waals surface area contributed by atoms with Gasteiger partial charge in [-0.25, -0.2) is 0 Å². The van der Waals surface area contributed by atoms with E-state index in [9.17, 15) is 4.79 Å². The molecule has 0 amide bonds. The molecule has 22 heavy (non-hydrogen) atoms. The first kappa shape index (κ1) is 15.1. The molecule has 0 radical (unpaired) electrons. The predicted molar refractivity (Wildman–Crippen MR) is 88.5 cm³/mol. The number of aromatic nitrogens is 1. The maximum atomic E-state index is 12.3. The van der Waals surface area contributed by atoms with Gasteiger partial charge in [0.15, 0.2) is 0 Å². The third-order valence-electron chi connectivity index (χ3n) is 4.50. The second-order valence-corrected chi connectivity index (χ2v) is 6.22. The fourth-order valence-electron chi connectivity index (χ4n) is 3.09. The Morgan fingerprint density at radius 3 is 2.86 bits per heavy atom. The molecule has 1 aromatic heterocycles. The molecule has 5 heteroatoms. The van der Waals surface area contributed by atoms with Crippen LogP contribution in [0.5, 0.6) is 5.75 Å². The average molecular weight is 301 g/mol. The second-order valence-electron chi connectivity index (χ2n) is 6.22. The summed E-state index contributed by atoms with van der Waals surface area (Å²) >= 11 is 0. The van der Waals surface area contributed by atoms with Gasteiger partial charge in [-0.15, -0.1) is 0 Å². The largest absolute Gasteiger partial charge is 0.497 e. The Morgan fingerprint density at radius 2 is 2.18 bits per heavy atom. The molecule has 2 aromatic rings. The summed E-state index contributed by atoms with van der Waals surface area (Å²) in [6.45, 7) is 2.78. The van der Waals surface area contributed by atoms with Crippen LogP contribution in [0.25, 0.3) is 10.9 Å². The number of benzene rings is 1. The lowest BCUT2D eigenvalue weighted by molar-refractivity contribution is 0.264. The van der Waals surface area contributed by atoms with Crippen molar-refractivity contribution in [3.8, 4) is 5.75 Å². The van der Waals surface area contributed by atoms with Crippen molar-refractivity contribution < 1.29 is 4.74 Å². The van der Waals surface area contributed by atoms with Gasteiger partial charge in [0.25, 0.3) is 5.56 Å². The normalized spacial score (nSPS) is 19.2. The van der Waals surface area contributed by atoms with Crippen LogP contribution < -0.4 is 10.3 Å². The lowest BCUT2D eigenvalue weighted by Crippen LogP contribution is -2.32. The highest BCUT2D eigenvalue weighted by atomic mass is 16.5. The lowest BCUT2D eigenvalue weighted by Gasteiger charge is -2.20. The number of likely N-dealkylation sites (tertiary alicyclic amines) is 1. The van der Waals surface area contributed by atoms with Crippen LogP contribution in [0.15, 0.2) is 29.1 Å². The van der Waals surface area contributed by atoms with E-state index in [2.05, 4.69) is 28.9 Å². The number of hydrogen-bond acceptors (Lipinski definition) is 4. The minimum Gasteiger partial charge on any atom is -0.497 e. The number of nitrogens with zero attached hydrogens (tertiary/aromatic N) is 2. The van der Waals surface area contributed by atoms with Crippen molar-refractivity contribution in [1.29, 1.82) is 0 Å². The van der Waals surface area contributed by atoms with Crippen LogP contribution in [0.4, 0.5) is 0 Å². The Kier molecular flexibility index (Phi) is 4.18. The van der Waals surface area contributed by atoms with Crippen molar-refractivity contribution in [2.24, 2.45) is 0 Å². The molecule has 1 saturated heterocycles. The Hall–Kier alpha value is -1.85. The van der Waals surface area contributed by atoms with Crippen molar-refractivity contribution in [3.63, 3.8) is 0 Å². The van der Waals surface area contributed by atoms with E-state index in [0.717, 1.165) is 41.7 Å². The summed E-state index contributed by atoms with van der Waals surface area (Å²) in [4.78, 5) is 19.9.